The van der Waals surface area contributed by atoms with E-state index in [0.29, 0.717) is 6.42 Å². The van der Waals surface area contributed by atoms with Gasteiger partial charge in [-0.1, -0.05) is 40.9 Å². The highest BCUT2D eigenvalue weighted by Crippen LogP contribution is 2.39. The highest BCUT2D eigenvalue weighted by atomic mass is 79.9. The van der Waals surface area contributed by atoms with Gasteiger partial charge in [0.25, 0.3) is 0 Å². The zero-order valence-corrected chi connectivity index (χ0v) is 19.9. The highest BCUT2D eigenvalue weighted by Gasteiger charge is 2.28. The van der Waals surface area contributed by atoms with Crippen molar-refractivity contribution in [2.24, 2.45) is 0 Å². The molecule has 36 heavy (non-hydrogen) atoms. The van der Waals surface area contributed by atoms with Gasteiger partial charge in [0.15, 0.2) is 46.5 Å². The van der Waals surface area contributed by atoms with Gasteiger partial charge in [-0.3, -0.25) is 0 Å². The number of hydrogen-bond acceptors (Lipinski definition) is 2. The smallest absolute Gasteiger partial charge is 0.169 e. The number of alkyl halides is 1. The topological polar surface area (TPSA) is 30.7 Å². The first-order valence-corrected chi connectivity index (χ1v) is 11.9. The molecule has 0 fully saturated rings. The molecule has 4 rings (SSSR count). The van der Waals surface area contributed by atoms with Crippen molar-refractivity contribution in [2.45, 2.75) is 32.2 Å². The molecule has 0 spiro atoms. The molecule has 0 aliphatic carbocycles. The van der Waals surface area contributed by atoms with Gasteiger partial charge >= 0.3 is 0 Å². The molecule has 0 aliphatic heterocycles. The summed E-state index contributed by atoms with van der Waals surface area (Å²) in [6, 6.07) is 1.86. The molecule has 1 aromatic heterocycles. The number of aromatic nitrogens is 3. The number of rotatable bonds is 8. The number of fused-ring (bicyclic) bond motifs is 1. The van der Waals surface area contributed by atoms with Crippen molar-refractivity contribution in [3.05, 3.63) is 70.8 Å². The zero-order chi connectivity index (χ0) is 26.1. The summed E-state index contributed by atoms with van der Waals surface area (Å²) >= 11 is 3.31. The molecule has 12 heteroatoms. The van der Waals surface area contributed by atoms with E-state index in [9.17, 15) is 35.1 Å². The Morgan fingerprint density at radius 2 is 0.972 bits per heavy atom. The van der Waals surface area contributed by atoms with Gasteiger partial charge in [-0.05, 0) is 12.8 Å². The van der Waals surface area contributed by atoms with E-state index in [-0.39, 0.29) is 29.7 Å². The quantitative estimate of drug-likeness (QED) is 0.0924. The Hall–Kier alpha value is -3.02. The number of unbranched alkanes of at least 4 members (excludes halogenated alkanes) is 3. The minimum Gasteiger partial charge on any atom is -0.204 e. The Bertz CT molecular complexity index is 1300. The van der Waals surface area contributed by atoms with E-state index in [0.717, 1.165) is 41.5 Å². The molecule has 0 saturated carbocycles. The van der Waals surface area contributed by atoms with Gasteiger partial charge in [-0.2, -0.15) is 15.0 Å². The molecule has 0 N–H and O–H groups in total. The molecule has 0 atom stereocenters. The number of benzene rings is 3. The van der Waals surface area contributed by atoms with Crippen LogP contribution in [0.5, 0.6) is 0 Å². The number of hydrogen-bond donors (Lipinski definition) is 0. The fraction of sp³-hybridized carbons (Fsp3) is 0.250. The molecule has 3 aromatic carbocycles. The van der Waals surface area contributed by atoms with Crippen LogP contribution in [0.2, 0.25) is 0 Å². The van der Waals surface area contributed by atoms with Crippen LogP contribution in [0, 0.1) is 46.5 Å². The molecule has 3 nitrogen and oxygen atoms in total. The van der Waals surface area contributed by atoms with E-state index in [1.807, 2.05) is 0 Å². The largest absolute Gasteiger partial charge is 0.204 e. The number of nitrogens with zero attached hydrogens (tertiary/aromatic N) is 3. The number of aryl methyl sites for hydroxylation is 1. The van der Waals surface area contributed by atoms with Crippen molar-refractivity contribution < 1.29 is 35.1 Å². The van der Waals surface area contributed by atoms with Crippen molar-refractivity contribution in [1.29, 1.82) is 0 Å². The monoisotopic (exact) mass is 577 g/mol. The summed E-state index contributed by atoms with van der Waals surface area (Å²) in [5, 5.41) is 9.06. The molecule has 0 amide bonds. The third kappa shape index (κ3) is 4.70. The average molecular weight is 578 g/mol. The molecule has 0 unspecified atom stereocenters. The molecule has 0 saturated heterocycles. The van der Waals surface area contributed by atoms with Gasteiger partial charge in [0.2, 0.25) is 0 Å². The summed E-state index contributed by atoms with van der Waals surface area (Å²) in [5.41, 5.74) is -3.91. The van der Waals surface area contributed by atoms with Crippen molar-refractivity contribution in [3.63, 3.8) is 0 Å². The highest BCUT2D eigenvalue weighted by molar-refractivity contribution is 9.09. The van der Waals surface area contributed by atoms with Crippen LogP contribution in [0.25, 0.3) is 33.3 Å². The van der Waals surface area contributed by atoms with Crippen LogP contribution >= 0.6 is 15.9 Å². The van der Waals surface area contributed by atoms with Crippen LogP contribution in [0.4, 0.5) is 35.1 Å². The Labute approximate surface area is 207 Å². The van der Waals surface area contributed by atoms with Crippen LogP contribution < -0.4 is 0 Å². The Morgan fingerprint density at radius 3 is 1.36 bits per heavy atom. The number of halogens is 9. The van der Waals surface area contributed by atoms with Crippen molar-refractivity contribution in [3.8, 4) is 22.3 Å². The van der Waals surface area contributed by atoms with Crippen molar-refractivity contribution in [1.82, 2.24) is 15.0 Å². The SMILES string of the molecule is Fc1cc(F)c(F)c(-c2ccc(-c3c(F)c(F)cc(F)c3F)c3nn(CCCCCCBr)nc23)c1F. The normalized spacial score (nSPS) is 11.6. The van der Waals surface area contributed by atoms with Crippen LogP contribution in [0.15, 0.2) is 24.3 Å². The van der Waals surface area contributed by atoms with E-state index < -0.39 is 68.8 Å². The Kier molecular flexibility index (Phi) is 7.62. The maximum absolute atomic E-state index is 14.6. The van der Waals surface area contributed by atoms with Crippen LogP contribution in [-0.2, 0) is 6.54 Å². The van der Waals surface area contributed by atoms with Crippen molar-refractivity contribution >= 4 is 27.0 Å². The Balaban J connectivity index is 1.95. The Morgan fingerprint density at radius 1 is 0.583 bits per heavy atom. The van der Waals surface area contributed by atoms with E-state index in [2.05, 4.69) is 26.1 Å². The lowest BCUT2D eigenvalue weighted by molar-refractivity contribution is 0.458. The first-order chi connectivity index (χ1) is 17.1. The standard InChI is InChI=1S/C24H16BrF8N3/c25-7-3-1-2-4-8-36-34-23-11(17-19(30)13(26)9-14(27)20(17)31)5-6-12(24(23)35-36)18-21(32)15(28)10-16(29)22(18)33/h5-6,9-10H,1-4,7-8H2. The van der Waals surface area contributed by atoms with Gasteiger partial charge < -0.3 is 0 Å². The third-order valence-corrected chi connectivity index (χ3v) is 6.15. The summed E-state index contributed by atoms with van der Waals surface area (Å²) < 4.78 is 114. The molecule has 0 bridgehead atoms. The molecule has 190 valence electrons. The molecule has 1 heterocycles. The maximum atomic E-state index is 14.6. The second-order valence-corrected chi connectivity index (χ2v) is 8.74. The first-order valence-electron chi connectivity index (χ1n) is 10.8. The summed E-state index contributed by atoms with van der Waals surface area (Å²) in [7, 11) is 0. The van der Waals surface area contributed by atoms with Gasteiger partial charge in [0, 0.05) is 28.6 Å². The maximum Gasteiger partial charge on any atom is 0.169 e. The molecule has 4 aromatic rings. The van der Waals surface area contributed by atoms with Crippen molar-refractivity contribution in [2.75, 3.05) is 5.33 Å². The van der Waals surface area contributed by atoms with Gasteiger partial charge in [0.1, 0.15) is 11.0 Å². The van der Waals surface area contributed by atoms with Gasteiger partial charge in [-0.25, -0.2) is 35.1 Å². The average Bonchev–Trinajstić information content (AvgIpc) is 3.27. The lowest BCUT2D eigenvalue weighted by atomic mass is 9.96. The minimum atomic E-state index is -1.72. The first kappa shape index (κ1) is 26.1. The van der Waals surface area contributed by atoms with Crippen LogP contribution in [0.3, 0.4) is 0 Å². The third-order valence-electron chi connectivity index (χ3n) is 5.59. The predicted octanol–water partition coefficient (Wildman–Crippen LogP) is 7.83. The predicted molar refractivity (Wildman–Crippen MR) is 120 cm³/mol. The summed E-state index contributed by atoms with van der Waals surface area (Å²) in [4.78, 5) is 1.09. The molecule has 0 aliphatic rings. The lowest BCUT2D eigenvalue weighted by Crippen LogP contribution is -2.02. The van der Waals surface area contributed by atoms with E-state index in [4.69, 9.17) is 0 Å². The molecular weight excluding hydrogens is 562 g/mol. The summed E-state index contributed by atoms with van der Waals surface area (Å²) in [6.07, 6.45) is 3.12. The van der Waals surface area contributed by atoms with Crippen LogP contribution in [0.1, 0.15) is 25.7 Å². The van der Waals surface area contributed by atoms with Crippen LogP contribution in [-0.4, -0.2) is 20.3 Å². The van der Waals surface area contributed by atoms with E-state index in [1.165, 1.54) is 0 Å². The minimum absolute atomic E-state index is 0.0315. The lowest BCUT2D eigenvalue weighted by Gasteiger charge is -2.11. The zero-order valence-electron chi connectivity index (χ0n) is 18.3. The van der Waals surface area contributed by atoms with E-state index >= 15 is 0 Å². The second kappa shape index (κ2) is 10.5. The molecule has 0 radical (unpaired) electrons. The fourth-order valence-electron chi connectivity index (χ4n) is 3.86. The summed E-state index contributed by atoms with van der Waals surface area (Å²) in [6.45, 7) is 0.181. The second-order valence-electron chi connectivity index (χ2n) is 7.94. The fourth-order valence-corrected chi connectivity index (χ4v) is 4.26. The molecular formula is C24H16BrF8N3. The summed E-state index contributed by atoms with van der Waals surface area (Å²) in [5.74, 6) is -13.6. The van der Waals surface area contributed by atoms with Gasteiger partial charge in [0.05, 0.1) is 17.7 Å². The van der Waals surface area contributed by atoms with Gasteiger partial charge in [-0.15, -0.1) is 0 Å². The van der Waals surface area contributed by atoms with E-state index in [1.54, 1.807) is 0 Å².